The van der Waals surface area contributed by atoms with Crippen molar-refractivity contribution in [1.82, 2.24) is 4.90 Å². The molecule has 0 saturated heterocycles. The Labute approximate surface area is 168 Å². The summed E-state index contributed by atoms with van der Waals surface area (Å²) in [5.41, 5.74) is 2.35. The fourth-order valence-corrected chi connectivity index (χ4v) is 3.77. The molecule has 1 aliphatic heterocycles. The lowest BCUT2D eigenvalue weighted by atomic mass is 10.0. The first kappa shape index (κ1) is 19.6. The standard InChI is InChI=1S/C21H24BrN3O2/c1-4-24(5-2)12-13-25-19-9-7-6-8-16(19)20(26)23(3)18-11-10-15(22)14-17(18)21(25)27/h6-11,14H,4-5,12-13H2,1-3H3. The number of likely N-dealkylation sites (N-methyl/N-ethyl adjacent to an activating group) is 1. The van der Waals surface area contributed by atoms with E-state index in [1.165, 1.54) is 0 Å². The monoisotopic (exact) mass is 429 g/mol. The van der Waals surface area contributed by atoms with Crippen LogP contribution in [0, 0.1) is 0 Å². The molecule has 0 unspecified atom stereocenters. The second kappa shape index (κ2) is 8.23. The molecular formula is C21H24BrN3O2. The van der Waals surface area contributed by atoms with Gasteiger partial charge in [-0.2, -0.15) is 0 Å². The van der Waals surface area contributed by atoms with Crippen molar-refractivity contribution in [2.45, 2.75) is 13.8 Å². The first-order valence-corrected chi connectivity index (χ1v) is 9.98. The number of hydrogen-bond donors (Lipinski definition) is 0. The van der Waals surface area contributed by atoms with Crippen LogP contribution in [0.25, 0.3) is 0 Å². The lowest BCUT2D eigenvalue weighted by Crippen LogP contribution is -2.42. The van der Waals surface area contributed by atoms with Crippen LogP contribution in [0.4, 0.5) is 11.4 Å². The molecule has 6 heteroatoms. The van der Waals surface area contributed by atoms with Gasteiger partial charge in [0.25, 0.3) is 11.8 Å². The highest BCUT2D eigenvalue weighted by Gasteiger charge is 2.31. The smallest absolute Gasteiger partial charge is 0.260 e. The van der Waals surface area contributed by atoms with Crippen molar-refractivity contribution >= 4 is 39.1 Å². The van der Waals surface area contributed by atoms with Gasteiger partial charge >= 0.3 is 0 Å². The third-order valence-electron chi connectivity index (χ3n) is 5.06. The maximum absolute atomic E-state index is 13.5. The number of carbonyl (C=O) groups is 2. The molecule has 1 heterocycles. The molecule has 0 aromatic heterocycles. The molecule has 3 rings (SSSR count). The van der Waals surface area contributed by atoms with Crippen molar-refractivity contribution in [1.29, 1.82) is 0 Å². The molecule has 27 heavy (non-hydrogen) atoms. The Hall–Kier alpha value is -2.18. The van der Waals surface area contributed by atoms with Crippen LogP contribution in [0.5, 0.6) is 0 Å². The maximum Gasteiger partial charge on any atom is 0.260 e. The number of anilines is 2. The largest absolute Gasteiger partial charge is 0.311 e. The lowest BCUT2D eigenvalue weighted by molar-refractivity contribution is 0.0975. The van der Waals surface area contributed by atoms with E-state index in [0.29, 0.717) is 29.0 Å². The summed E-state index contributed by atoms with van der Waals surface area (Å²) in [5.74, 6) is -0.209. The highest BCUT2D eigenvalue weighted by molar-refractivity contribution is 9.10. The van der Waals surface area contributed by atoms with Gasteiger partial charge in [-0.3, -0.25) is 9.59 Å². The Kier molecular flexibility index (Phi) is 5.97. The van der Waals surface area contributed by atoms with E-state index >= 15 is 0 Å². The van der Waals surface area contributed by atoms with Crippen LogP contribution in [-0.2, 0) is 0 Å². The van der Waals surface area contributed by atoms with E-state index < -0.39 is 0 Å². The molecule has 1 aliphatic rings. The van der Waals surface area contributed by atoms with E-state index in [4.69, 9.17) is 0 Å². The van der Waals surface area contributed by atoms with Crippen molar-refractivity contribution in [2.75, 3.05) is 43.0 Å². The Balaban J connectivity index is 2.12. The molecule has 0 bridgehead atoms. The predicted octanol–water partition coefficient (Wildman–Crippen LogP) is 4.03. The SMILES string of the molecule is CCN(CC)CCN1C(=O)c2cc(Br)ccc2N(C)C(=O)c2ccccc21. The third-order valence-corrected chi connectivity index (χ3v) is 5.55. The van der Waals surface area contributed by atoms with Crippen LogP contribution in [0.15, 0.2) is 46.9 Å². The number of para-hydroxylation sites is 1. The van der Waals surface area contributed by atoms with E-state index in [9.17, 15) is 9.59 Å². The molecule has 142 valence electrons. The molecule has 0 N–H and O–H groups in total. The molecule has 0 saturated carbocycles. The number of amides is 2. The van der Waals surface area contributed by atoms with Gasteiger partial charge in [-0.25, -0.2) is 0 Å². The van der Waals surface area contributed by atoms with Crippen LogP contribution in [-0.4, -0.2) is 49.9 Å². The van der Waals surface area contributed by atoms with Gasteiger partial charge in [0.2, 0.25) is 0 Å². The Morgan fingerprint density at radius 3 is 2.33 bits per heavy atom. The zero-order valence-electron chi connectivity index (χ0n) is 15.9. The molecule has 2 aromatic rings. The average Bonchev–Trinajstić information content (AvgIpc) is 2.69. The topological polar surface area (TPSA) is 43.9 Å². The van der Waals surface area contributed by atoms with Crippen LogP contribution < -0.4 is 9.80 Å². The van der Waals surface area contributed by atoms with Gasteiger partial charge in [0.1, 0.15) is 0 Å². The predicted molar refractivity (Wildman–Crippen MR) is 113 cm³/mol. The number of hydrogen-bond acceptors (Lipinski definition) is 3. The molecule has 0 fully saturated rings. The van der Waals surface area contributed by atoms with E-state index in [1.807, 2.05) is 30.3 Å². The minimum Gasteiger partial charge on any atom is -0.311 e. The normalized spacial score (nSPS) is 14.1. The van der Waals surface area contributed by atoms with Gasteiger partial charge in [0, 0.05) is 24.6 Å². The van der Waals surface area contributed by atoms with Gasteiger partial charge < -0.3 is 14.7 Å². The van der Waals surface area contributed by atoms with Gasteiger partial charge in [-0.1, -0.05) is 41.9 Å². The van der Waals surface area contributed by atoms with Crippen LogP contribution in [0.1, 0.15) is 34.6 Å². The van der Waals surface area contributed by atoms with Gasteiger partial charge in [0.15, 0.2) is 0 Å². The minimum absolute atomic E-state index is 0.0924. The quantitative estimate of drug-likeness (QED) is 0.720. The highest BCUT2D eigenvalue weighted by atomic mass is 79.9. The van der Waals surface area contributed by atoms with Crippen LogP contribution in [0.3, 0.4) is 0 Å². The van der Waals surface area contributed by atoms with Gasteiger partial charge in [0.05, 0.1) is 22.5 Å². The number of fused-ring (bicyclic) bond motifs is 2. The van der Waals surface area contributed by atoms with Crippen molar-refractivity contribution in [2.24, 2.45) is 0 Å². The number of nitrogens with zero attached hydrogens (tertiary/aromatic N) is 3. The molecular weight excluding hydrogens is 406 g/mol. The molecule has 0 spiro atoms. The summed E-state index contributed by atoms with van der Waals surface area (Å²) in [4.78, 5) is 32.2. The zero-order valence-corrected chi connectivity index (χ0v) is 17.5. The van der Waals surface area contributed by atoms with Gasteiger partial charge in [-0.15, -0.1) is 0 Å². The number of benzene rings is 2. The second-order valence-corrected chi connectivity index (χ2v) is 7.44. The third kappa shape index (κ3) is 3.77. The number of carbonyl (C=O) groups excluding carboxylic acids is 2. The van der Waals surface area contributed by atoms with Crippen LogP contribution in [0.2, 0.25) is 0 Å². The van der Waals surface area contributed by atoms with E-state index in [2.05, 4.69) is 34.7 Å². The average molecular weight is 430 g/mol. The zero-order chi connectivity index (χ0) is 19.6. The summed E-state index contributed by atoms with van der Waals surface area (Å²) in [6.07, 6.45) is 0. The number of halogens is 1. The fraction of sp³-hybridized carbons (Fsp3) is 0.333. The van der Waals surface area contributed by atoms with Crippen LogP contribution >= 0.6 is 15.9 Å². The van der Waals surface area contributed by atoms with Crippen molar-refractivity contribution in [3.8, 4) is 0 Å². The molecule has 0 radical (unpaired) electrons. The highest BCUT2D eigenvalue weighted by Crippen LogP contribution is 2.33. The summed E-state index contributed by atoms with van der Waals surface area (Å²) in [6, 6.07) is 12.8. The molecule has 0 atom stereocenters. The van der Waals surface area contributed by atoms with Crippen molar-refractivity contribution < 1.29 is 9.59 Å². The summed E-state index contributed by atoms with van der Waals surface area (Å²) in [6.45, 7) is 7.34. The summed E-state index contributed by atoms with van der Waals surface area (Å²) >= 11 is 3.45. The first-order valence-electron chi connectivity index (χ1n) is 9.18. The molecule has 2 amide bonds. The fourth-order valence-electron chi connectivity index (χ4n) is 3.41. The Bertz CT molecular complexity index is 864. The summed E-state index contributed by atoms with van der Waals surface area (Å²) < 4.78 is 0.813. The summed E-state index contributed by atoms with van der Waals surface area (Å²) in [5, 5.41) is 0. The molecule has 5 nitrogen and oxygen atoms in total. The lowest BCUT2D eigenvalue weighted by Gasteiger charge is -2.32. The van der Waals surface area contributed by atoms with E-state index in [0.717, 1.165) is 24.1 Å². The van der Waals surface area contributed by atoms with Gasteiger partial charge in [-0.05, 0) is 43.4 Å². The Morgan fingerprint density at radius 1 is 0.926 bits per heavy atom. The Morgan fingerprint density at radius 2 is 1.63 bits per heavy atom. The second-order valence-electron chi connectivity index (χ2n) is 6.53. The molecule has 2 aromatic carbocycles. The summed E-state index contributed by atoms with van der Waals surface area (Å²) in [7, 11) is 1.71. The maximum atomic E-state index is 13.5. The first-order chi connectivity index (χ1) is 13.0. The van der Waals surface area contributed by atoms with E-state index in [-0.39, 0.29) is 11.8 Å². The number of rotatable bonds is 5. The molecule has 0 aliphatic carbocycles. The minimum atomic E-state index is -0.116. The van der Waals surface area contributed by atoms with E-state index in [1.54, 1.807) is 29.0 Å². The van der Waals surface area contributed by atoms with Crippen molar-refractivity contribution in [3.63, 3.8) is 0 Å². The van der Waals surface area contributed by atoms with Crippen molar-refractivity contribution in [3.05, 3.63) is 58.1 Å².